The van der Waals surface area contributed by atoms with E-state index in [1.807, 2.05) is 0 Å². The molecule has 2 rings (SSSR count). The van der Waals surface area contributed by atoms with Gasteiger partial charge in [-0.15, -0.1) is 11.3 Å². The Bertz CT molecular complexity index is 875. The van der Waals surface area contributed by atoms with E-state index < -0.39 is 15.8 Å². The summed E-state index contributed by atoms with van der Waals surface area (Å²) in [6.07, 6.45) is 0.184. The van der Waals surface area contributed by atoms with E-state index in [1.54, 1.807) is 18.4 Å². The monoisotopic (exact) mass is 415 g/mol. The molecule has 0 radical (unpaired) electrons. The summed E-state index contributed by atoms with van der Waals surface area (Å²) in [7, 11) is -3.47. The molecule has 0 spiro atoms. The zero-order valence-electron chi connectivity index (χ0n) is 14.0. The van der Waals surface area contributed by atoms with Crippen LogP contribution < -0.4 is 5.32 Å². The predicted molar refractivity (Wildman–Crippen MR) is 102 cm³/mol. The molecule has 1 aromatic carbocycles. The number of nitrogens with one attached hydrogen (secondary N) is 1. The molecule has 1 amide bonds. The lowest BCUT2D eigenvalue weighted by molar-refractivity contribution is -0.116. The number of thiophene rings is 1. The van der Waals surface area contributed by atoms with Gasteiger partial charge in [0.1, 0.15) is 5.00 Å². The summed E-state index contributed by atoms with van der Waals surface area (Å²) < 4.78 is 29.4. The fourth-order valence-electron chi connectivity index (χ4n) is 2.15. The number of carbonyl (C=O) groups excluding carboxylic acids is 2. The van der Waals surface area contributed by atoms with Crippen LogP contribution in [0, 0.1) is 0 Å². The summed E-state index contributed by atoms with van der Waals surface area (Å²) in [5.74, 6) is -1.02. The number of hydrogen-bond donors (Lipinski definition) is 1. The molecule has 1 heterocycles. The van der Waals surface area contributed by atoms with Crippen LogP contribution in [0.4, 0.5) is 5.00 Å². The second kappa shape index (κ2) is 9.16. The van der Waals surface area contributed by atoms with Crippen LogP contribution in [-0.2, 0) is 19.4 Å². The molecular weight excluding hydrogens is 398 g/mol. The van der Waals surface area contributed by atoms with Crippen molar-refractivity contribution in [2.75, 3.05) is 17.7 Å². The van der Waals surface area contributed by atoms with Gasteiger partial charge in [0.2, 0.25) is 5.91 Å². The first-order chi connectivity index (χ1) is 12.3. The molecule has 0 saturated heterocycles. The number of hydrogen-bond acceptors (Lipinski definition) is 6. The van der Waals surface area contributed by atoms with Gasteiger partial charge in [-0.1, -0.05) is 11.6 Å². The van der Waals surface area contributed by atoms with Crippen molar-refractivity contribution in [1.82, 2.24) is 0 Å². The van der Waals surface area contributed by atoms with E-state index >= 15 is 0 Å². The van der Waals surface area contributed by atoms with Gasteiger partial charge >= 0.3 is 5.97 Å². The molecule has 0 bridgehead atoms. The summed E-state index contributed by atoms with van der Waals surface area (Å²) in [6.45, 7) is 1.94. The maximum atomic E-state index is 12.2. The smallest absolute Gasteiger partial charge is 0.341 e. The average Bonchev–Trinajstić information content (AvgIpc) is 3.03. The van der Waals surface area contributed by atoms with Crippen molar-refractivity contribution in [3.8, 4) is 0 Å². The third-order valence-corrected chi connectivity index (χ3v) is 6.30. The minimum atomic E-state index is -3.47. The molecule has 0 aliphatic heterocycles. The van der Waals surface area contributed by atoms with E-state index in [1.165, 1.54) is 35.6 Å². The van der Waals surface area contributed by atoms with E-state index in [-0.39, 0.29) is 36.0 Å². The topological polar surface area (TPSA) is 89.5 Å². The van der Waals surface area contributed by atoms with Crippen molar-refractivity contribution < 1.29 is 22.7 Å². The van der Waals surface area contributed by atoms with E-state index in [2.05, 4.69) is 5.32 Å². The van der Waals surface area contributed by atoms with Crippen LogP contribution in [0.25, 0.3) is 0 Å². The molecule has 2 aromatic rings. The highest BCUT2D eigenvalue weighted by Crippen LogP contribution is 2.24. The normalized spacial score (nSPS) is 11.2. The number of anilines is 1. The highest BCUT2D eigenvalue weighted by molar-refractivity contribution is 7.91. The molecule has 1 aromatic heterocycles. The standard InChI is InChI=1S/C17H18ClNO5S2/c1-2-24-17(21)14-9-10-25-16(14)19-15(20)4-3-11-26(22,23)13-7-5-12(18)6-8-13/h5-10H,2-4,11H2,1H3,(H,19,20). The Labute approximate surface area is 161 Å². The van der Waals surface area contributed by atoms with Gasteiger partial charge in [0.15, 0.2) is 9.84 Å². The highest BCUT2D eigenvalue weighted by atomic mass is 35.5. The number of benzene rings is 1. The van der Waals surface area contributed by atoms with E-state index in [9.17, 15) is 18.0 Å². The van der Waals surface area contributed by atoms with E-state index in [0.29, 0.717) is 15.6 Å². The molecule has 1 N–H and O–H groups in total. The lowest BCUT2D eigenvalue weighted by Crippen LogP contribution is -2.15. The van der Waals surface area contributed by atoms with Crippen LogP contribution in [0.15, 0.2) is 40.6 Å². The Morgan fingerprint density at radius 3 is 2.54 bits per heavy atom. The van der Waals surface area contributed by atoms with Crippen LogP contribution in [0.2, 0.25) is 5.02 Å². The second-order valence-corrected chi connectivity index (χ2v) is 8.77. The number of ether oxygens (including phenoxy) is 1. The Kier molecular flexibility index (Phi) is 7.19. The Morgan fingerprint density at radius 2 is 1.88 bits per heavy atom. The summed E-state index contributed by atoms with van der Waals surface area (Å²) in [4.78, 5) is 24.0. The van der Waals surface area contributed by atoms with E-state index in [4.69, 9.17) is 16.3 Å². The number of halogens is 1. The van der Waals surface area contributed by atoms with Crippen molar-refractivity contribution in [1.29, 1.82) is 0 Å². The van der Waals surface area contributed by atoms with Gasteiger partial charge < -0.3 is 10.1 Å². The van der Waals surface area contributed by atoms with Crippen LogP contribution in [0.1, 0.15) is 30.1 Å². The molecule has 6 nitrogen and oxygen atoms in total. The predicted octanol–water partition coefficient (Wildman–Crippen LogP) is 3.77. The number of rotatable bonds is 8. The van der Waals surface area contributed by atoms with Crippen molar-refractivity contribution >= 4 is 49.7 Å². The zero-order chi connectivity index (χ0) is 19.2. The minimum absolute atomic E-state index is 0.0208. The number of sulfone groups is 1. The lowest BCUT2D eigenvalue weighted by Gasteiger charge is -2.07. The molecule has 9 heteroatoms. The Hall–Kier alpha value is -1.90. The van der Waals surface area contributed by atoms with Gasteiger partial charge in [-0.2, -0.15) is 0 Å². The summed E-state index contributed by atoms with van der Waals surface area (Å²) in [5.41, 5.74) is 0.291. The quantitative estimate of drug-likeness (QED) is 0.663. The van der Waals surface area contributed by atoms with E-state index in [0.717, 1.165) is 0 Å². The third kappa shape index (κ3) is 5.55. The van der Waals surface area contributed by atoms with Crippen molar-refractivity contribution in [2.45, 2.75) is 24.7 Å². The minimum Gasteiger partial charge on any atom is -0.462 e. The maximum Gasteiger partial charge on any atom is 0.341 e. The number of esters is 1. The molecule has 140 valence electrons. The molecule has 26 heavy (non-hydrogen) atoms. The molecule has 0 aliphatic carbocycles. The summed E-state index contributed by atoms with van der Waals surface area (Å²) in [5, 5.41) is 5.16. The van der Waals surface area contributed by atoms with Gasteiger partial charge in [0.05, 0.1) is 22.8 Å². The fraction of sp³-hybridized carbons (Fsp3) is 0.294. The largest absolute Gasteiger partial charge is 0.462 e. The Morgan fingerprint density at radius 1 is 1.19 bits per heavy atom. The maximum absolute atomic E-state index is 12.2. The van der Waals surface area contributed by atoms with Crippen LogP contribution >= 0.6 is 22.9 Å². The molecule has 0 atom stereocenters. The van der Waals surface area contributed by atoms with Gasteiger partial charge in [0.25, 0.3) is 0 Å². The first kappa shape index (κ1) is 20.4. The zero-order valence-corrected chi connectivity index (χ0v) is 16.4. The van der Waals surface area contributed by atoms with Crippen LogP contribution in [-0.4, -0.2) is 32.7 Å². The molecule has 0 saturated carbocycles. The second-order valence-electron chi connectivity index (χ2n) is 5.31. The molecule has 0 unspecified atom stereocenters. The third-order valence-electron chi connectivity index (χ3n) is 3.40. The summed E-state index contributed by atoms with van der Waals surface area (Å²) >= 11 is 6.96. The highest BCUT2D eigenvalue weighted by Gasteiger charge is 2.18. The van der Waals surface area contributed by atoms with Crippen LogP contribution in [0.5, 0.6) is 0 Å². The van der Waals surface area contributed by atoms with Crippen molar-refractivity contribution in [2.24, 2.45) is 0 Å². The first-order valence-corrected chi connectivity index (χ1v) is 10.8. The van der Waals surface area contributed by atoms with Crippen LogP contribution in [0.3, 0.4) is 0 Å². The molecule has 0 fully saturated rings. The fourth-order valence-corrected chi connectivity index (χ4v) is 4.38. The van der Waals surface area contributed by atoms with Gasteiger partial charge in [-0.05, 0) is 49.1 Å². The molecular formula is C17H18ClNO5S2. The van der Waals surface area contributed by atoms with Gasteiger partial charge in [-0.3, -0.25) is 4.79 Å². The molecule has 0 aliphatic rings. The van der Waals surface area contributed by atoms with Gasteiger partial charge in [0, 0.05) is 11.4 Å². The van der Waals surface area contributed by atoms with Crippen molar-refractivity contribution in [3.63, 3.8) is 0 Å². The van der Waals surface area contributed by atoms with Crippen molar-refractivity contribution in [3.05, 3.63) is 46.3 Å². The SMILES string of the molecule is CCOC(=O)c1ccsc1NC(=O)CCCS(=O)(=O)c1ccc(Cl)cc1. The number of amides is 1. The van der Waals surface area contributed by atoms with Gasteiger partial charge in [-0.25, -0.2) is 13.2 Å². The first-order valence-electron chi connectivity index (χ1n) is 7.86. The number of carbonyl (C=O) groups is 2. The Balaban J connectivity index is 1.89. The lowest BCUT2D eigenvalue weighted by atomic mass is 10.3. The summed E-state index contributed by atoms with van der Waals surface area (Å²) in [6, 6.07) is 7.47. The average molecular weight is 416 g/mol.